The van der Waals surface area contributed by atoms with E-state index in [9.17, 15) is 9.59 Å². The Bertz CT molecular complexity index is 682. The van der Waals surface area contributed by atoms with Crippen LogP contribution in [0.2, 0.25) is 0 Å². The maximum Gasteiger partial charge on any atom is 0.328 e. The molecule has 2 aromatic rings. The Morgan fingerprint density at radius 1 is 1.30 bits per heavy atom. The smallest absolute Gasteiger partial charge is 0.328 e. The normalized spacial score (nSPS) is 11.2. The van der Waals surface area contributed by atoms with E-state index in [-0.39, 0.29) is 11.7 Å². The number of rotatable bonds is 7. The van der Waals surface area contributed by atoms with Gasteiger partial charge in [0.2, 0.25) is 11.8 Å². The van der Waals surface area contributed by atoms with Gasteiger partial charge < -0.3 is 14.8 Å². The average molecular weight is 334 g/mol. The van der Waals surface area contributed by atoms with Crippen LogP contribution in [0.5, 0.6) is 0 Å². The van der Waals surface area contributed by atoms with Crippen LogP contribution in [0.1, 0.15) is 19.5 Å². The highest BCUT2D eigenvalue weighted by atomic mass is 32.2. The number of hydrogen-bond donors (Lipinski definition) is 2. The van der Waals surface area contributed by atoms with E-state index >= 15 is 0 Å². The molecule has 2 N–H and O–H groups in total. The van der Waals surface area contributed by atoms with Crippen molar-refractivity contribution in [1.29, 1.82) is 0 Å². The summed E-state index contributed by atoms with van der Waals surface area (Å²) in [5, 5.41) is 11.4. The van der Waals surface area contributed by atoms with E-state index < -0.39 is 11.5 Å². The van der Waals surface area contributed by atoms with Gasteiger partial charge >= 0.3 is 5.97 Å². The molecule has 0 unspecified atom stereocenters. The summed E-state index contributed by atoms with van der Waals surface area (Å²) in [6, 6.07) is 9.54. The van der Waals surface area contributed by atoms with Gasteiger partial charge in [-0.3, -0.25) is 4.79 Å². The predicted octanol–water partition coefficient (Wildman–Crippen LogP) is 2.55. The molecule has 0 atom stereocenters. The van der Waals surface area contributed by atoms with Crippen molar-refractivity contribution in [2.45, 2.75) is 25.1 Å². The number of carboxylic acids is 1. The Labute approximate surface area is 138 Å². The molecule has 0 aliphatic rings. The second kappa shape index (κ2) is 7.32. The number of oxazole rings is 1. The Balaban J connectivity index is 1.82. The molecule has 0 aliphatic heterocycles. The number of nitrogens with zero attached hydrogens (tertiary/aromatic N) is 1. The topological polar surface area (TPSA) is 92.4 Å². The monoisotopic (exact) mass is 334 g/mol. The third-order valence-electron chi connectivity index (χ3n) is 3.04. The fraction of sp³-hybridized carbons (Fsp3) is 0.312. The van der Waals surface area contributed by atoms with E-state index in [4.69, 9.17) is 9.52 Å². The van der Waals surface area contributed by atoms with Crippen LogP contribution in [0, 0.1) is 0 Å². The number of amides is 1. The lowest BCUT2D eigenvalue weighted by Crippen LogP contribution is -2.50. The quantitative estimate of drug-likeness (QED) is 0.808. The van der Waals surface area contributed by atoms with Crippen LogP contribution in [0.15, 0.2) is 41.0 Å². The Kier molecular flexibility index (Phi) is 5.44. The maximum absolute atomic E-state index is 11.7. The van der Waals surface area contributed by atoms with Crippen molar-refractivity contribution in [3.63, 3.8) is 0 Å². The summed E-state index contributed by atoms with van der Waals surface area (Å²) >= 11 is 1.35. The molecule has 7 heteroatoms. The zero-order valence-electron chi connectivity index (χ0n) is 12.9. The molecule has 1 amide bonds. The first-order chi connectivity index (χ1) is 10.9. The Hall–Kier alpha value is -2.28. The summed E-state index contributed by atoms with van der Waals surface area (Å²) in [7, 11) is 0. The Morgan fingerprint density at radius 3 is 2.65 bits per heavy atom. The largest absolute Gasteiger partial charge is 0.480 e. The zero-order chi connectivity index (χ0) is 16.9. The minimum atomic E-state index is -1.27. The van der Waals surface area contributed by atoms with Crippen molar-refractivity contribution in [2.24, 2.45) is 0 Å². The van der Waals surface area contributed by atoms with Gasteiger partial charge in [-0.25, -0.2) is 9.78 Å². The summed E-state index contributed by atoms with van der Waals surface area (Å²) in [5.41, 5.74) is 0.357. The highest BCUT2D eigenvalue weighted by Crippen LogP contribution is 2.20. The molecule has 1 aromatic heterocycles. The van der Waals surface area contributed by atoms with Crippen molar-refractivity contribution >= 4 is 23.6 Å². The third-order valence-corrected chi connectivity index (χ3v) is 4.01. The molecule has 0 spiro atoms. The number of aliphatic carboxylic acids is 1. The highest BCUT2D eigenvalue weighted by Gasteiger charge is 2.28. The minimum absolute atomic E-state index is 0.157. The molecule has 0 saturated heterocycles. The molecule has 0 bridgehead atoms. The van der Waals surface area contributed by atoms with Gasteiger partial charge in [0.1, 0.15) is 11.8 Å². The standard InChI is InChI=1S/C16H18N2O4S/c1-16(2,15(20)21)18-13(19)10-23-9-12-8-22-14(17-12)11-6-4-3-5-7-11/h3-8H,9-10H2,1-2H3,(H,18,19)(H,20,21). The number of carbonyl (C=O) groups excluding carboxylic acids is 1. The molecule has 0 radical (unpaired) electrons. The molecule has 1 heterocycles. The van der Waals surface area contributed by atoms with Gasteiger partial charge in [-0.05, 0) is 26.0 Å². The number of nitrogens with one attached hydrogen (secondary N) is 1. The van der Waals surface area contributed by atoms with E-state index in [0.29, 0.717) is 11.6 Å². The van der Waals surface area contributed by atoms with E-state index in [1.807, 2.05) is 30.3 Å². The van der Waals surface area contributed by atoms with Crippen LogP contribution in [0.4, 0.5) is 0 Å². The number of carbonyl (C=O) groups is 2. The van der Waals surface area contributed by atoms with Gasteiger partial charge in [0.15, 0.2) is 0 Å². The fourth-order valence-corrected chi connectivity index (χ4v) is 2.47. The molecule has 2 rings (SSSR count). The van der Waals surface area contributed by atoms with Crippen molar-refractivity contribution in [1.82, 2.24) is 10.3 Å². The predicted molar refractivity (Wildman–Crippen MR) is 88.0 cm³/mol. The van der Waals surface area contributed by atoms with E-state index in [1.54, 1.807) is 6.26 Å². The van der Waals surface area contributed by atoms with Crippen LogP contribution in [-0.4, -0.2) is 33.3 Å². The molecule has 23 heavy (non-hydrogen) atoms. The fourth-order valence-electron chi connectivity index (χ4n) is 1.77. The summed E-state index contributed by atoms with van der Waals surface area (Å²) in [4.78, 5) is 27.1. The van der Waals surface area contributed by atoms with Gasteiger partial charge in [-0.1, -0.05) is 18.2 Å². The lowest BCUT2D eigenvalue weighted by molar-refractivity contribution is -0.145. The Morgan fingerprint density at radius 2 is 2.00 bits per heavy atom. The van der Waals surface area contributed by atoms with Crippen LogP contribution < -0.4 is 5.32 Å². The molecule has 122 valence electrons. The van der Waals surface area contributed by atoms with Crippen LogP contribution in [0.25, 0.3) is 11.5 Å². The summed E-state index contributed by atoms with van der Waals surface area (Å²) in [5.74, 6) is -0.187. The summed E-state index contributed by atoms with van der Waals surface area (Å²) in [6.45, 7) is 2.89. The summed E-state index contributed by atoms with van der Waals surface area (Å²) < 4.78 is 5.42. The number of hydrogen-bond acceptors (Lipinski definition) is 5. The van der Waals surface area contributed by atoms with Crippen molar-refractivity contribution in [2.75, 3.05) is 5.75 Å². The maximum atomic E-state index is 11.7. The number of aromatic nitrogens is 1. The van der Waals surface area contributed by atoms with Crippen LogP contribution in [0.3, 0.4) is 0 Å². The van der Waals surface area contributed by atoms with Gasteiger partial charge in [0.05, 0.1) is 11.4 Å². The second-order valence-corrected chi connectivity index (χ2v) is 6.47. The minimum Gasteiger partial charge on any atom is -0.480 e. The molecule has 1 aromatic carbocycles. The first-order valence-electron chi connectivity index (χ1n) is 7.00. The first-order valence-corrected chi connectivity index (χ1v) is 8.16. The first kappa shape index (κ1) is 17.1. The number of carboxylic acid groups (broad SMARTS) is 1. The molecule has 0 fully saturated rings. The third kappa shape index (κ3) is 4.85. The summed E-state index contributed by atoms with van der Waals surface area (Å²) in [6.07, 6.45) is 1.56. The van der Waals surface area contributed by atoms with E-state index in [0.717, 1.165) is 11.3 Å². The van der Waals surface area contributed by atoms with Gasteiger partial charge in [-0.2, -0.15) is 0 Å². The molecular formula is C16H18N2O4S. The number of thioether (sulfide) groups is 1. The van der Waals surface area contributed by atoms with Gasteiger partial charge in [-0.15, -0.1) is 11.8 Å². The van der Waals surface area contributed by atoms with Crippen molar-refractivity contribution in [3.8, 4) is 11.5 Å². The molecular weight excluding hydrogens is 316 g/mol. The SMILES string of the molecule is CC(C)(NC(=O)CSCc1coc(-c2ccccc2)n1)C(=O)O. The molecule has 0 aliphatic carbocycles. The second-order valence-electron chi connectivity index (χ2n) is 5.48. The lowest BCUT2D eigenvalue weighted by Gasteiger charge is -2.20. The molecule has 6 nitrogen and oxygen atoms in total. The zero-order valence-corrected chi connectivity index (χ0v) is 13.7. The van der Waals surface area contributed by atoms with Crippen molar-refractivity contribution < 1.29 is 19.1 Å². The number of benzene rings is 1. The van der Waals surface area contributed by atoms with Crippen molar-refractivity contribution in [3.05, 3.63) is 42.3 Å². The molecule has 0 saturated carbocycles. The van der Waals surface area contributed by atoms with Gasteiger partial charge in [0.25, 0.3) is 0 Å². The highest BCUT2D eigenvalue weighted by molar-refractivity contribution is 7.99. The van der Waals surface area contributed by atoms with Gasteiger partial charge in [0, 0.05) is 11.3 Å². The van der Waals surface area contributed by atoms with Crippen LogP contribution >= 0.6 is 11.8 Å². The van der Waals surface area contributed by atoms with Crippen LogP contribution in [-0.2, 0) is 15.3 Å². The average Bonchev–Trinajstić information content (AvgIpc) is 2.96. The van der Waals surface area contributed by atoms with E-state index in [2.05, 4.69) is 10.3 Å². The lowest BCUT2D eigenvalue weighted by atomic mass is 10.1. The van der Waals surface area contributed by atoms with E-state index in [1.165, 1.54) is 25.6 Å².